The Bertz CT molecular complexity index is 397. The summed E-state index contributed by atoms with van der Waals surface area (Å²) in [6.07, 6.45) is 4.69. The Balaban J connectivity index is 2.13. The summed E-state index contributed by atoms with van der Waals surface area (Å²) in [6, 6.07) is 0.292. The molecule has 1 unspecified atom stereocenters. The Hall–Kier alpha value is -1.36. The van der Waals surface area contributed by atoms with E-state index < -0.39 is 0 Å². The number of carbonyl (C=O) groups is 1. The van der Waals surface area contributed by atoms with Gasteiger partial charge in [-0.2, -0.15) is 0 Å². The molecule has 0 saturated carbocycles. The first kappa shape index (κ1) is 13.1. The molecule has 0 radical (unpaired) electrons. The third-order valence-corrected chi connectivity index (χ3v) is 3.42. The number of rotatable bonds is 4. The Morgan fingerprint density at radius 2 is 2.50 bits per heavy atom. The van der Waals surface area contributed by atoms with Crippen LogP contribution in [0.4, 0.5) is 0 Å². The number of nitrogens with one attached hydrogen (secondary N) is 1. The lowest BCUT2D eigenvalue weighted by Crippen LogP contribution is -2.49. The molecule has 0 spiro atoms. The van der Waals surface area contributed by atoms with E-state index in [0.29, 0.717) is 17.4 Å². The molecule has 5 nitrogen and oxygen atoms in total. The van der Waals surface area contributed by atoms with Crippen LogP contribution in [0.15, 0.2) is 10.7 Å². The van der Waals surface area contributed by atoms with Crippen molar-refractivity contribution in [3.8, 4) is 0 Å². The van der Waals surface area contributed by atoms with E-state index in [-0.39, 0.29) is 5.91 Å². The molecule has 2 rings (SSSR count). The molecule has 1 aromatic heterocycles. The highest BCUT2D eigenvalue weighted by Crippen LogP contribution is 2.17. The summed E-state index contributed by atoms with van der Waals surface area (Å²) in [5, 5.41) is 7.05. The van der Waals surface area contributed by atoms with E-state index in [4.69, 9.17) is 4.52 Å². The summed E-state index contributed by atoms with van der Waals surface area (Å²) in [6.45, 7) is 6.60. The van der Waals surface area contributed by atoms with Gasteiger partial charge in [-0.25, -0.2) is 0 Å². The van der Waals surface area contributed by atoms with E-state index in [1.807, 2.05) is 4.90 Å². The van der Waals surface area contributed by atoms with Gasteiger partial charge in [-0.05, 0) is 32.7 Å². The molecule has 1 aliphatic heterocycles. The van der Waals surface area contributed by atoms with Crippen LogP contribution >= 0.6 is 0 Å². The van der Waals surface area contributed by atoms with Crippen LogP contribution in [0.25, 0.3) is 0 Å². The van der Waals surface area contributed by atoms with Gasteiger partial charge in [-0.1, -0.05) is 12.1 Å². The number of piperidine rings is 1. The zero-order chi connectivity index (χ0) is 13.0. The zero-order valence-corrected chi connectivity index (χ0v) is 11.1. The summed E-state index contributed by atoms with van der Waals surface area (Å²) in [5.74, 6) is 0.647. The van der Waals surface area contributed by atoms with Crippen molar-refractivity contribution in [1.29, 1.82) is 0 Å². The molecule has 1 aliphatic rings. The second kappa shape index (κ2) is 6.00. The van der Waals surface area contributed by atoms with Crippen LogP contribution in [0.3, 0.4) is 0 Å². The fourth-order valence-electron chi connectivity index (χ4n) is 2.45. The van der Waals surface area contributed by atoms with Crippen LogP contribution in [-0.2, 0) is 0 Å². The number of hydrogen-bond donors (Lipinski definition) is 1. The highest BCUT2D eigenvalue weighted by atomic mass is 16.5. The van der Waals surface area contributed by atoms with Gasteiger partial charge < -0.3 is 14.7 Å². The maximum atomic E-state index is 12.5. The van der Waals surface area contributed by atoms with Crippen molar-refractivity contribution in [2.75, 3.05) is 19.6 Å². The lowest BCUT2D eigenvalue weighted by Gasteiger charge is -2.34. The van der Waals surface area contributed by atoms with E-state index >= 15 is 0 Å². The molecular weight excluding hydrogens is 230 g/mol. The van der Waals surface area contributed by atoms with Gasteiger partial charge >= 0.3 is 0 Å². The first-order valence-electron chi connectivity index (χ1n) is 6.67. The first-order chi connectivity index (χ1) is 8.74. The lowest BCUT2D eigenvalue weighted by molar-refractivity contribution is 0.0647. The van der Waals surface area contributed by atoms with Crippen LogP contribution < -0.4 is 5.32 Å². The molecule has 1 amide bonds. The second-order valence-electron chi connectivity index (χ2n) is 4.79. The van der Waals surface area contributed by atoms with E-state index in [9.17, 15) is 4.79 Å². The van der Waals surface area contributed by atoms with Crippen molar-refractivity contribution in [1.82, 2.24) is 15.4 Å². The van der Waals surface area contributed by atoms with Crippen LogP contribution in [0.5, 0.6) is 0 Å². The Morgan fingerprint density at radius 1 is 1.67 bits per heavy atom. The summed E-state index contributed by atoms with van der Waals surface area (Å²) in [7, 11) is 0. The van der Waals surface area contributed by atoms with E-state index in [1.54, 1.807) is 6.92 Å². The van der Waals surface area contributed by atoms with Crippen LogP contribution in [0, 0.1) is 6.92 Å². The highest BCUT2D eigenvalue weighted by Gasteiger charge is 2.27. The second-order valence-corrected chi connectivity index (χ2v) is 4.79. The molecule has 5 heteroatoms. The molecule has 18 heavy (non-hydrogen) atoms. The molecular formula is C13H21N3O2. The van der Waals surface area contributed by atoms with Crippen LogP contribution in [0.2, 0.25) is 0 Å². The van der Waals surface area contributed by atoms with Gasteiger partial charge in [0.1, 0.15) is 11.3 Å². The number of aromatic nitrogens is 1. The van der Waals surface area contributed by atoms with Crippen molar-refractivity contribution in [3.05, 3.63) is 17.5 Å². The fourth-order valence-corrected chi connectivity index (χ4v) is 2.45. The number of nitrogens with zero attached hydrogens (tertiary/aromatic N) is 2. The molecule has 1 saturated heterocycles. The van der Waals surface area contributed by atoms with Crippen molar-refractivity contribution >= 4 is 5.91 Å². The van der Waals surface area contributed by atoms with Gasteiger partial charge in [0.25, 0.3) is 5.91 Å². The Kier molecular flexibility index (Phi) is 4.36. The zero-order valence-electron chi connectivity index (χ0n) is 11.1. The van der Waals surface area contributed by atoms with E-state index in [1.165, 1.54) is 6.20 Å². The summed E-state index contributed by atoms with van der Waals surface area (Å²) in [5.41, 5.74) is 0.592. The molecule has 1 N–H and O–H groups in total. The fraction of sp³-hybridized carbons (Fsp3) is 0.692. The summed E-state index contributed by atoms with van der Waals surface area (Å²) >= 11 is 0. The SMILES string of the molecule is CCCN(C(=O)c1cnoc1C)C1CCCNC1. The van der Waals surface area contributed by atoms with E-state index in [0.717, 1.165) is 38.9 Å². The number of carbonyl (C=O) groups excluding carboxylic acids is 1. The molecule has 1 fully saturated rings. The number of aryl methyl sites for hydroxylation is 1. The Labute approximate surface area is 108 Å². The van der Waals surface area contributed by atoms with Crippen molar-refractivity contribution in [3.63, 3.8) is 0 Å². The van der Waals surface area contributed by atoms with E-state index in [2.05, 4.69) is 17.4 Å². The molecule has 1 atom stereocenters. The van der Waals surface area contributed by atoms with Gasteiger partial charge in [0.2, 0.25) is 0 Å². The average Bonchev–Trinajstić information content (AvgIpc) is 2.82. The molecule has 0 aliphatic carbocycles. The summed E-state index contributed by atoms with van der Waals surface area (Å²) in [4.78, 5) is 14.5. The van der Waals surface area contributed by atoms with Crippen molar-refractivity contribution in [2.45, 2.75) is 39.2 Å². The largest absolute Gasteiger partial charge is 0.361 e. The van der Waals surface area contributed by atoms with Gasteiger partial charge in [-0.15, -0.1) is 0 Å². The monoisotopic (exact) mass is 251 g/mol. The summed E-state index contributed by atoms with van der Waals surface area (Å²) < 4.78 is 4.99. The number of amides is 1. The quantitative estimate of drug-likeness (QED) is 0.882. The molecule has 1 aromatic rings. The smallest absolute Gasteiger partial charge is 0.259 e. The number of hydrogen-bond acceptors (Lipinski definition) is 4. The van der Waals surface area contributed by atoms with Gasteiger partial charge in [-0.3, -0.25) is 4.79 Å². The minimum atomic E-state index is 0.0456. The average molecular weight is 251 g/mol. The van der Waals surface area contributed by atoms with Gasteiger partial charge in [0.15, 0.2) is 0 Å². The minimum absolute atomic E-state index is 0.0456. The van der Waals surface area contributed by atoms with Crippen molar-refractivity contribution < 1.29 is 9.32 Å². The van der Waals surface area contributed by atoms with Gasteiger partial charge in [0, 0.05) is 19.1 Å². The molecule has 0 aromatic carbocycles. The Morgan fingerprint density at radius 3 is 3.06 bits per heavy atom. The van der Waals surface area contributed by atoms with Crippen LogP contribution in [-0.4, -0.2) is 41.6 Å². The molecule has 2 heterocycles. The normalized spacial score (nSPS) is 19.8. The van der Waals surface area contributed by atoms with Gasteiger partial charge in [0.05, 0.1) is 6.20 Å². The maximum Gasteiger partial charge on any atom is 0.259 e. The highest BCUT2D eigenvalue weighted by molar-refractivity contribution is 5.95. The van der Waals surface area contributed by atoms with Crippen molar-refractivity contribution in [2.24, 2.45) is 0 Å². The predicted molar refractivity (Wildman–Crippen MR) is 68.5 cm³/mol. The third kappa shape index (κ3) is 2.72. The topological polar surface area (TPSA) is 58.4 Å². The predicted octanol–water partition coefficient (Wildman–Crippen LogP) is 1.59. The molecule has 0 bridgehead atoms. The standard InChI is InChI=1S/C13H21N3O2/c1-3-7-16(11-5-4-6-14-8-11)13(17)12-9-15-18-10(12)2/h9,11,14H,3-8H2,1-2H3. The third-order valence-electron chi connectivity index (χ3n) is 3.42. The minimum Gasteiger partial charge on any atom is -0.361 e. The van der Waals surface area contributed by atoms with Crippen LogP contribution in [0.1, 0.15) is 42.3 Å². The molecule has 100 valence electrons. The lowest BCUT2D eigenvalue weighted by atomic mass is 10.0. The maximum absolute atomic E-state index is 12.5. The first-order valence-corrected chi connectivity index (χ1v) is 6.67.